The van der Waals surface area contributed by atoms with Crippen LogP contribution in [0.15, 0.2) is 53.1 Å². The van der Waals surface area contributed by atoms with Gasteiger partial charge in [0.2, 0.25) is 5.91 Å². The molecule has 0 bridgehead atoms. The number of likely N-dealkylation sites (tertiary alicyclic amines) is 1. The summed E-state index contributed by atoms with van der Waals surface area (Å²) in [6.07, 6.45) is 2.17. The summed E-state index contributed by atoms with van der Waals surface area (Å²) in [7, 11) is 0. The average Bonchev–Trinajstić information content (AvgIpc) is 3.33. The molecule has 1 aromatic heterocycles. The number of rotatable bonds is 6. The first-order valence-electron chi connectivity index (χ1n) is 9.53. The third-order valence-electron chi connectivity index (χ3n) is 5.09. The van der Waals surface area contributed by atoms with Crippen molar-refractivity contribution in [3.8, 4) is 11.5 Å². The van der Waals surface area contributed by atoms with Crippen LogP contribution >= 0.6 is 0 Å². The van der Waals surface area contributed by atoms with Crippen molar-refractivity contribution in [1.29, 1.82) is 0 Å². The molecule has 0 saturated carbocycles. The van der Waals surface area contributed by atoms with E-state index in [9.17, 15) is 9.18 Å². The van der Waals surface area contributed by atoms with E-state index in [1.807, 2.05) is 25.1 Å². The highest BCUT2D eigenvalue weighted by Crippen LogP contribution is 2.34. The Morgan fingerprint density at radius 2 is 2.07 bits per heavy atom. The molecule has 150 valence electrons. The second-order valence-corrected chi connectivity index (χ2v) is 7.25. The summed E-state index contributed by atoms with van der Waals surface area (Å²) in [5.74, 6) is 0.161. The van der Waals surface area contributed by atoms with Crippen molar-refractivity contribution < 1.29 is 18.4 Å². The molecule has 1 fully saturated rings. The summed E-state index contributed by atoms with van der Waals surface area (Å²) in [4.78, 5) is 13.5. The Bertz CT molecular complexity index is 1020. The van der Waals surface area contributed by atoms with Crippen molar-refractivity contribution in [1.82, 2.24) is 10.1 Å². The van der Waals surface area contributed by atoms with Crippen molar-refractivity contribution >= 4 is 5.91 Å². The molecule has 7 heteroatoms. The van der Waals surface area contributed by atoms with Crippen LogP contribution in [0, 0.1) is 12.7 Å². The number of nitrogens with zero attached hydrogens (tertiary/aromatic N) is 2. The summed E-state index contributed by atoms with van der Waals surface area (Å²) < 4.78 is 25.2. The molecule has 4 rings (SSSR count). The van der Waals surface area contributed by atoms with E-state index in [4.69, 9.17) is 15.0 Å². The number of primary amides is 1. The molecule has 6 nitrogen and oxygen atoms in total. The summed E-state index contributed by atoms with van der Waals surface area (Å²) in [6.45, 7) is 3.71. The third kappa shape index (κ3) is 4.30. The highest BCUT2D eigenvalue weighted by molar-refractivity contribution is 5.92. The van der Waals surface area contributed by atoms with Gasteiger partial charge < -0.3 is 15.0 Å². The van der Waals surface area contributed by atoms with Gasteiger partial charge in [0.15, 0.2) is 17.3 Å². The number of ether oxygens (including phenoxy) is 1. The van der Waals surface area contributed by atoms with Crippen LogP contribution in [0.1, 0.15) is 46.3 Å². The molecule has 1 aliphatic rings. The van der Waals surface area contributed by atoms with Crippen LogP contribution in [0.25, 0.3) is 0 Å². The number of hydrogen-bond donors (Lipinski definition) is 1. The fourth-order valence-corrected chi connectivity index (χ4v) is 3.64. The minimum Gasteiger partial charge on any atom is -0.454 e. The molecule has 3 aromatic rings. The smallest absolute Gasteiger partial charge is 0.248 e. The number of aryl methyl sites for hydroxylation is 1. The van der Waals surface area contributed by atoms with Gasteiger partial charge >= 0.3 is 0 Å². The number of hydrogen-bond acceptors (Lipinski definition) is 5. The van der Waals surface area contributed by atoms with Crippen LogP contribution in [0.3, 0.4) is 0 Å². The molecule has 1 amide bonds. The summed E-state index contributed by atoms with van der Waals surface area (Å²) in [5, 5.41) is 4.00. The van der Waals surface area contributed by atoms with Gasteiger partial charge in [-0.1, -0.05) is 17.3 Å². The second kappa shape index (κ2) is 8.05. The molecule has 2 aromatic carbocycles. The monoisotopic (exact) mass is 395 g/mol. The van der Waals surface area contributed by atoms with Gasteiger partial charge in [-0.25, -0.2) is 4.39 Å². The van der Waals surface area contributed by atoms with Gasteiger partial charge in [0, 0.05) is 18.2 Å². The molecule has 1 saturated heterocycles. The van der Waals surface area contributed by atoms with Crippen molar-refractivity contribution in [2.75, 3.05) is 6.54 Å². The number of nitrogens with two attached hydrogens (primary N) is 1. The Kier molecular flexibility index (Phi) is 5.31. The minimum absolute atomic E-state index is 0.0445. The molecular weight excluding hydrogens is 373 g/mol. The van der Waals surface area contributed by atoms with Crippen molar-refractivity contribution in [3.63, 3.8) is 0 Å². The lowest BCUT2D eigenvalue weighted by atomic mass is 10.1. The maximum absolute atomic E-state index is 14.1. The molecule has 2 heterocycles. The fourth-order valence-electron chi connectivity index (χ4n) is 3.64. The lowest BCUT2D eigenvalue weighted by molar-refractivity contribution is 0.1000. The molecule has 0 aliphatic carbocycles. The highest BCUT2D eigenvalue weighted by atomic mass is 19.1. The van der Waals surface area contributed by atoms with E-state index in [0.717, 1.165) is 49.0 Å². The normalized spacial score (nSPS) is 16.8. The fraction of sp³-hybridized carbons (Fsp3) is 0.273. The zero-order valence-electron chi connectivity index (χ0n) is 16.1. The van der Waals surface area contributed by atoms with Crippen LogP contribution in [-0.2, 0) is 6.54 Å². The van der Waals surface area contributed by atoms with Crippen molar-refractivity contribution in [3.05, 3.63) is 76.9 Å². The van der Waals surface area contributed by atoms with E-state index in [1.165, 1.54) is 12.1 Å². The molecule has 0 radical (unpaired) electrons. The van der Waals surface area contributed by atoms with E-state index in [2.05, 4.69) is 10.1 Å². The van der Waals surface area contributed by atoms with Crippen LogP contribution in [0.5, 0.6) is 11.5 Å². The van der Waals surface area contributed by atoms with E-state index >= 15 is 0 Å². The third-order valence-corrected chi connectivity index (χ3v) is 5.09. The minimum atomic E-state index is -0.680. The molecule has 29 heavy (non-hydrogen) atoms. The van der Waals surface area contributed by atoms with Crippen LogP contribution in [0.2, 0.25) is 0 Å². The second-order valence-electron chi connectivity index (χ2n) is 7.25. The molecule has 1 atom stereocenters. The largest absolute Gasteiger partial charge is 0.454 e. The van der Waals surface area contributed by atoms with Crippen molar-refractivity contribution in [2.45, 2.75) is 32.4 Å². The molecule has 0 spiro atoms. The molecule has 1 unspecified atom stereocenters. The number of halogens is 1. The van der Waals surface area contributed by atoms with Gasteiger partial charge in [-0.3, -0.25) is 9.69 Å². The quantitative estimate of drug-likeness (QED) is 0.671. The zero-order chi connectivity index (χ0) is 20.4. The molecular formula is C22H22FN3O3. The van der Waals surface area contributed by atoms with Gasteiger partial charge in [-0.15, -0.1) is 0 Å². The number of benzene rings is 2. The number of aromatic nitrogens is 1. The zero-order valence-corrected chi connectivity index (χ0v) is 16.1. The summed E-state index contributed by atoms with van der Waals surface area (Å²) >= 11 is 0. The summed E-state index contributed by atoms with van der Waals surface area (Å²) in [5.41, 5.74) is 7.28. The predicted molar refractivity (Wildman–Crippen MR) is 105 cm³/mol. The van der Waals surface area contributed by atoms with Gasteiger partial charge in [0.25, 0.3) is 0 Å². The Labute approximate surface area is 168 Å². The van der Waals surface area contributed by atoms with Crippen LogP contribution < -0.4 is 10.5 Å². The number of carbonyl (C=O) groups excluding carboxylic acids is 1. The molecule has 2 N–H and O–H groups in total. The first-order valence-corrected chi connectivity index (χ1v) is 9.53. The maximum Gasteiger partial charge on any atom is 0.248 e. The van der Waals surface area contributed by atoms with Gasteiger partial charge in [-0.05, 0) is 62.2 Å². The van der Waals surface area contributed by atoms with Crippen molar-refractivity contribution in [2.24, 2.45) is 5.73 Å². The Balaban J connectivity index is 1.42. The average molecular weight is 395 g/mol. The van der Waals surface area contributed by atoms with Gasteiger partial charge in [0.05, 0.1) is 11.7 Å². The highest BCUT2D eigenvalue weighted by Gasteiger charge is 2.29. The van der Waals surface area contributed by atoms with E-state index in [1.54, 1.807) is 12.1 Å². The van der Waals surface area contributed by atoms with Crippen LogP contribution in [0.4, 0.5) is 4.39 Å². The summed E-state index contributed by atoms with van der Waals surface area (Å²) in [6, 6.07) is 13.7. The Morgan fingerprint density at radius 3 is 2.72 bits per heavy atom. The van der Waals surface area contributed by atoms with Gasteiger partial charge in [0.1, 0.15) is 5.75 Å². The topological polar surface area (TPSA) is 81.6 Å². The Morgan fingerprint density at radius 1 is 1.28 bits per heavy atom. The van der Waals surface area contributed by atoms with E-state index < -0.39 is 11.7 Å². The van der Waals surface area contributed by atoms with E-state index in [0.29, 0.717) is 5.75 Å². The van der Waals surface area contributed by atoms with Crippen LogP contribution in [-0.4, -0.2) is 22.5 Å². The first kappa shape index (κ1) is 19.1. The first-order chi connectivity index (χ1) is 14.0. The van der Waals surface area contributed by atoms with Gasteiger partial charge in [-0.2, -0.15) is 0 Å². The predicted octanol–water partition coefficient (Wildman–Crippen LogP) is 4.35. The number of carbonyl (C=O) groups is 1. The lowest BCUT2D eigenvalue weighted by Gasteiger charge is -2.22. The SMILES string of the molecule is Cc1cc(C2CCCN2Cc2ccc(Oc3ccc(C(N)=O)cc3F)cc2)on1. The molecule has 1 aliphatic heterocycles. The Hall–Kier alpha value is -3.19. The van der Waals surface area contributed by atoms with E-state index in [-0.39, 0.29) is 17.4 Å². The lowest BCUT2D eigenvalue weighted by Crippen LogP contribution is -2.22. The standard InChI is InChI=1S/C22H22FN3O3/c1-14-11-21(29-25-14)19-3-2-10-26(19)13-15-4-7-17(8-5-15)28-20-9-6-16(22(24)27)12-18(20)23/h4-9,11-12,19H,2-3,10,13H2,1H3,(H2,24,27). The maximum atomic E-state index is 14.1. The number of amides is 1.